The van der Waals surface area contributed by atoms with Crippen molar-refractivity contribution >= 4 is 0 Å². The van der Waals surface area contributed by atoms with E-state index in [1.165, 1.54) is 0 Å². The predicted molar refractivity (Wildman–Crippen MR) is 59.2 cm³/mol. The van der Waals surface area contributed by atoms with Crippen LogP contribution in [0, 0.1) is 0 Å². The van der Waals surface area contributed by atoms with Crippen molar-refractivity contribution in [3.8, 4) is 0 Å². The Labute approximate surface area is 87.8 Å². The Bertz CT molecular complexity index is 124. The third-order valence-corrected chi connectivity index (χ3v) is 2.44. The van der Waals surface area contributed by atoms with Crippen LogP contribution in [0.3, 0.4) is 0 Å². The summed E-state index contributed by atoms with van der Waals surface area (Å²) in [4.78, 5) is 0. The first-order valence-corrected chi connectivity index (χ1v) is 5.66. The molecule has 86 valence electrons. The van der Waals surface area contributed by atoms with Gasteiger partial charge >= 0.3 is 0 Å². The Morgan fingerprint density at radius 1 is 1.21 bits per heavy atom. The van der Waals surface area contributed by atoms with Gasteiger partial charge in [0.15, 0.2) is 6.29 Å². The van der Waals surface area contributed by atoms with E-state index in [1.54, 1.807) is 0 Å². The molecule has 0 spiro atoms. The summed E-state index contributed by atoms with van der Waals surface area (Å²) in [7, 11) is 1.83. The van der Waals surface area contributed by atoms with Gasteiger partial charge in [0.2, 0.25) is 0 Å². The molecule has 14 heavy (non-hydrogen) atoms. The van der Waals surface area contributed by atoms with E-state index in [4.69, 9.17) is 4.74 Å². The van der Waals surface area contributed by atoms with Crippen LogP contribution in [-0.4, -0.2) is 30.6 Å². The fourth-order valence-corrected chi connectivity index (χ4v) is 1.38. The quantitative estimate of drug-likeness (QED) is 0.592. The van der Waals surface area contributed by atoms with Crippen LogP contribution in [0.4, 0.5) is 0 Å². The molecule has 3 nitrogen and oxygen atoms in total. The summed E-state index contributed by atoms with van der Waals surface area (Å²) in [6.45, 7) is 6.19. The van der Waals surface area contributed by atoms with Crippen LogP contribution in [0.5, 0.6) is 0 Å². The summed E-state index contributed by atoms with van der Waals surface area (Å²) in [5.41, 5.74) is 0. The second-order valence-electron chi connectivity index (χ2n) is 3.80. The van der Waals surface area contributed by atoms with Gasteiger partial charge in [0.05, 0.1) is 12.1 Å². The highest BCUT2D eigenvalue weighted by molar-refractivity contribution is 4.64. The van der Waals surface area contributed by atoms with Crippen LogP contribution < -0.4 is 5.32 Å². The summed E-state index contributed by atoms with van der Waals surface area (Å²) in [5, 5.41) is 12.6. The number of hydrogen-bond donors (Lipinski definition) is 2. The third-order valence-electron chi connectivity index (χ3n) is 2.44. The first kappa shape index (κ1) is 13.9. The van der Waals surface area contributed by atoms with Gasteiger partial charge in [-0.05, 0) is 26.8 Å². The first-order valence-electron chi connectivity index (χ1n) is 5.66. The second kappa shape index (κ2) is 8.21. The molecule has 0 heterocycles. The summed E-state index contributed by atoms with van der Waals surface area (Å²) >= 11 is 0. The van der Waals surface area contributed by atoms with Gasteiger partial charge in [-0.3, -0.25) is 0 Å². The molecule has 0 aliphatic heterocycles. The van der Waals surface area contributed by atoms with Crippen molar-refractivity contribution in [2.45, 2.75) is 64.9 Å². The maximum Gasteiger partial charge on any atom is 0.170 e. The first-order chi connectivity index (χ1) is 6.65. The average molecular weight is 203 g/mol. The smallest absolute Gasteiger partial charge is 0.170 e. The summed E-state index contributed by atoms with van der Waals surface area (Å²) in [6, 6.07) is -0.00814. The van der Waals surface area contributed by atoms with Gasteiger partial charge < -0.3 is 15.2 Å². The van der Waals surface area contributed by atoms with Crippen molar-refractivity contribution in [3.05, 3.63) is 0 Å². The van der Waals surface area contributed by atoms with Gasteiger partial charge in [-0.25, -0.2) is 0 Å². The lowest BCUT2D eigenvalue weighted by Gasteiger charge is -2.24. The molecule has 0 radical (unpaired) electrons. The number of nitrogens with one attached hydrogen (secondary N) is 1. The third kappa shape index (κ3) is 5.58. The lowest BCUT2D eigenvalue weighted by atomic mass is 10.1. The number of aliphatic hydroxyl groups excluding tert-OH is 1. The maximum atomic E-state index is 9.66. The van der Waals surface area contributed by atoms with Crippen LogP contribution in [0.25, 0.3) is 0 Å². The lowest BCUT2D eigenvalue weighted by molar-refractivity contribution is -0.152. The Morgan fingerprint density at radius 3 is 2.07 bits per heavy atom. The number of likely N-dealkylation sites (N-methyl/N-ethyl adjacent to an activating group) is 1. The van der Waals surface area contributed by atoms with Crippen molar-refractivity contribution in [1.29, 1.82) is 0 Å². The summed E-state index contributed by atoms with van der Waals surface area (Å²) < 4.78 is 5.58. The van der Waals surface area contributed by atoms with Crippen molar-refractivity contribution < 1.29 is 9.84 Å². The molecule has 1 unspecified atom stereocenters. The van der Waals surface area contributed by atoms with E-state index < -0.39 is 6.29 Å². The van der Waals surface area contributed by atoms with Crippen LogP contribution >= 0.6 is 0 Å². The number of aliphatic hydroxyl groups is 1. The monoisotopic (exact) mass is 203 g/mol. The van der Waals surface area contributed by atoms with Crippen molar-refractivity contribution in [2.24, 2.45) is 0 Å². The molecule has 0 rings (SSSR count). The molecule has 0 aromatic heterocycles. The van der Waals surface area contributed by atoms with Gasteiger partial charge in [-0.15, -0.1) is 0 Å². The fraction of sp³-hybridized carbons (Fsp3) is 1.00. The molecule has 0 aliphatic carbocycles. The zero-order valence-corrected chi connectivity index (χ0v) is 9.92. The van der Waals surface area contributed by atoms with Crippen LogP contribution in [0.1, 0.15) is 46.5 Å². The molecule has 2 N–H and O–H groups in total. The van der Waals surface area contributed by atoms with E-state index in [9.17, 15) is 5.11 Å². The average Bonchev–Trinajstić information content (AvgIpc) is 2.17. The zero-order valence-electron chi connectivity index (χ0n) is 9.92. The molecule has 0 amide bonds. The van der Waals surface area contributed by atoms with Crippen molar-refractivity contribution in [2.75, 3.05) is 7.05 Å². The highest BCUT2D eigenvalue weighted by Crippen LogP contribution is 2.12. The van der Waals surface area contributed by atoms with Gasteiger partial charge in [0.1, 0.15) is 0 Å². The minimum atomic E-state index is -0.692. The molecular formula is C11H25NO2. The molecule has 0 fully saturated rings. The Balaban J connectivity index is 3.87. The number of rotatable bonds is 8. The zero-order chi connectivity index (χ0) is 11.0. The van der Waals surface area contributed by atoms with Gasteiger partial charge in [-0.1, -0.05) is 26.7 Å². The number of ether oxygens (including phenoxy) is 1. The maximum absolute atomic E-state index is 9.66. The van der Waals surface area contributed by atoms with Gasteiger partial charge in [0, 0.05) is 0 Å². The van der Waals surface area contributed by atoms with E-state index in [2.05, 4.69) is 19.2 Å². The van der Waals surface area contributed by atoms with E-state index in [1.807, 2.05) is 14.0 Å². The molecular weight excluding hydrogens is 178 g/mol. The predicted octanol–water partition coefficient (Wildman–Crippen LogP) is 1.90. The fourth-order valence-electron chi connectivity index (χ4n) is 1.38. The Morgan fingerprint density at radius 2 is 1.71 bits per heavy atom. The standard InChI is InChI=1S/C11H25NO2/c1-5-7-10(8-6-2)14-11(13)9(3)12-4/h9-13H,5-8H2,1-4H3/t9-,11?/m0/s1. The SMILES string of the molecule is CCCC(CCC)OC(O)[C@H](C)NC. The van der Waals surface area contributed by atoms with E-state index >= 15 is 0 Å². The van der Waals surface area contributed by atoms with Crippen LogP contribution in [0.15, 0.2) is 0 Å². The molecule has 0 saturated carbocycles. The minimum Gasteiger partial charge on any atom is -0.367 e. The molecule has 0 aliphatic rings. The molecule has 0 bridgehead atoms. The van der Waals surface area contributed by atoms with Gasteiger partial charge in [-0.2, -0.15) is 0 Å². The molecule has 3 heteroatoms. The highest BCUT2D eigenvalue weighted by Gasteiger charge is 2.17. The van der Waals surface area contributed by atoms with Gasteiger partial charge in [0.25, 0.3) is 0 Å². The van der Waals surface area contributed by atoms with Crippen LogP contribution in [-0.2, 0) is 4.74 Å². The van der Waals surface area contributed by atoms with E-state index in [0.717, 1.165) is 25.7 Å². The Kier molecular flexibility index (Phi) is 8.14. The van der Waals surface area contributed by atoms with Crippen molar-refractivity contribution in [3.63, 3.8) is 0 Å². The second-order valence-corrected chi connectivity index (χ2v) is 3.80. The molecule has 0 aromatic carbocycles. The van der Waals surface area contributed by atoms with Crippen molar-refractivity contribution in [1.82, 2.24) is 5.32 Å². The largest absolute Gasteiger partial charge is 0.367 e. The minimum absolute atomic E-state index is 0.00814. The highest BCUT2D eigenvalue weighted by atomic mass is 16.6. The topological polar surface area (TPSA) is 41.5 Å². The Hall–Kier alpha value is -0.120. The normalized spacial score (nSPS) is 15.9. The lowest BCUT2D eigenvalue weighted by Crippen LogP contribution is -2.39. The van der Waals surface area contributed by atoms with E-state index in [-0.39, 0.29) is 12.1 Å². The molecule has 0 aromatic rings. The molecule has 0 saturated heterocycles. The summed E-state index contributed by atoms with van der Waals surface area (Å²) in [5.74, 6) is 0. The summed E-state index contributed by atoms with van der Waals surface area (Å²) in [6.07, 6.45) is 3.78. The number of hydrogen-bond acceptors (Lipinski definition) is 3. The molecule has 2 atom stereocenters. The van der Waals surface area contributed by atoms with Crippen LogP contribution in [0.2, 0.25) is 0 Å². The van der Waals surface area contributed by atoms with E-state index in [0.29, 0.717) is 0 Å².